The number of hydrogen-bond acceptors (Lipinski definition) is 3. The van der Waals surface area contributed by atoms with Crippen molar-refractivity contribution in [1.82, 2.24) is 0 Å². The number of methoxy groups -OCH3 is 1. The second kappa shape index (κ2) is 6.39. The van der Waals surface area contributed by atoms with Crippen molar-refractivity contribution in [3.05, 3.63) is 59.4 Å². The van der Waals surface area contributed by atoms with E-state index >= 15 is 0 Å². The molecule has 2 rings (SSSR count). The molecule has 2 aromatic carbocycles. The van der Waals surface area contributed by atoms with Crippen molar-refractivity contribution >= 4 is 0 Å². The van der Waals surface area contributed by atoms with Gasteiger partial charge in [-0.05, 0) is 36.8 Å². The average Bonchev–Trinajstić information content (AvgIpc) is 2.46. The molecule has 4 heteroatoms. The van der Waals surface area contributed by atoms with Gasteiger partial charge in [0.05, 0.1) is 13.2 Å². The van der Waals surface area contributed by atoms with Gasteiger partial charge >= 0.3 is 0 Å². The number of hydrogen-bond donors (Lipinski definition) is 1. The van der Waals surface area contributed by atoms with Crippen molar-refractivity contribution in [1.29, 1.82) is 0 Å². The maximum atomic E-state index is 12.8. The summed E-state index contributed by atoms with van der Waals surface area (Å²) < 4.78 is 23.7. The average molecular weight is 276 g/mol. The molecule has 106 valence electrons. The Kier molecular flexibility index (Phi) is 4.58. The molecular formula is C16H17FO3. The quantitative estimate of drug-likeness (QED) is 0.908. The maximum absolute atomic E-state index is 12.8. The molecule has 20 heavy (non-hydrogen) atoms. The fraction of sp³-hybridized carbons (Fsp3) is 0.250. The number of ether oxygens (including phenoxy) is 2. The molecule has 0 saturated carbocycles. The van der Waals surface area contributed by atoms with E-state index in [2.05, 4.69) is 0 Å². The highest BCUT2D eigenvalue weighted by molar-refractivity contribution is 5.42. The lowest BCUT2D eigenvalue weighted by Gasteiger charge is -2.14. The van der Waals surface area contributed by atoms with Crippen LogP contribution < -0.4 is 9.47 Å². The van der Waals surface area contributed by atoms with Crippen LogP contribution in [0.5, 0.6) is 11.5 Å². The highest BCUT2D eigenvalue weighted by Gasteiger charge is 2.11. The van der Waals surface area contributed by atoms with E-state index in [0.717, 1.165) is 5.56 Å². The SMILES string of the molecule is COc1ccc(C(C)O)c(OCc2ccc(F)cc2)c1. The first-order valence-electron chi connectivity index (χ1n) is 6.33. The second-order valence-corrected chi connectivity index (χ2v) is 4.49. The van der Waals surface area contributed by atoms with Crippen molar-refractivity contribution in [2.24, 2.45) is 0 Å². The Hall–Kier alpha value is -2.07. The van der Waals surface area contributed by atoms with Gasteiger partial charge in [-0.15, -0.1) is 0 Å². The minimum Gasteiger partial charge on any atom is -0.497 e. The summed E-state index contributed by atoms with van der Waals surface area (Å²) >= 11 is 0. The third-order valence-corrected chi connectivity index (χ3v) is 2.98. The lowest BCUT2D eigenvalue weighted by molar-refractivity contribution is 0.190. The van der Waals surface area contributed by atoms with Crippen LogP contribution in [0.4, 0.5) is 4.39 Å². The molecule has 2 aromatic rings. The molecule has 0 saturated heterocycles. The monoisotopic (exact) mass is 276 g/mol. The van der Waals surface area contributed by atoms with Gasteiger partial charge < -0.3 is 14.6 Å². The first kappa shape index (κ1) is 14.3. The zero-order chi connectivity index (χ0) is 14.5. The van der Waals surface area contributed by atoms with Crippen LogP contribution in [0, 0.1) is 5.82 Å². The van der Waals surface area contributed by atoms with Gasteiger partial charge in [0.15, 0.2) is 0 Å². The molecule has 0 fully saturated rings. The highest BCUT2D eigenvalue weighted by Crippen LogP contribution is 2.30. The van der Waals surface area contributed by atoms with Crippen LogP contribution in [-0.2, 0) is 6.61 Å². The summed E-state index contributed by atoms with van der Waals surface area (Å²) in [6.07, 6.45) is -0.635. The van der Waals surface area contributed by atoms with E-state index in [9.17, 15) is 9.50 Å². The Balaban J connectivity index is 2.16. The predicted molar refractivity (Wildman–Crippen MR) is 74.4 cm³/mol. The Morgan fingerprint density at radius 3 is 2.45 bits per heavy atom. The lowest BCUT2D eigenvalue weighted by atomic mass is 10.1. The van der Waals surface area contributed by atoms with Crippen molar-refractivity contribution in [3.63, 3.8) is 0 Å². The molecule has 3 nitrogen and oxygen atoms in total. The first-order valence-corrected chi connectivity index (χ1v) is 6.33. The molecule has 1 atom stereocenters. The van der Waals surface area contributed by atoms with Crippen LogP contribution >= 0.6 is 0 Å². The Labute approximate surface area is 117 Å². The van der Waals surface area contributed by atoms with Crippen molar-refractivity contribution < 1.29 is 19.0 Å². The van der Waals surface area contributed by atoms with Gasteiger partial charge in [-0.25, -0.2) is 4.39 Å². The third-order valence-electron chi connectivity index (χ3n) is 2.98. The van der Waals surface area contributed by atoms with Gasteiger partial charge in [0, 0.05) is 11.6 Å². The fourth-order valence-corrected chi connectivity index (χ4v) is 1.85. The van der Waals surface area contributed by atoms with Crippen LogP contribution in [0.2, 0.25) is 0 Å². The van der Waals surface area contributed by atoms with Gasteiger partial charge in [-0.1, -0.05) is 12.1 Å². The number of aliphatic hydroxyl groups is 1. The summed E-state index contributed by atoms with van der Waals surface area (Å²) in [5.74, 6) is 0.937. The molecule has 0 aromatic heterocycles. The van der Waals surface area contributed by atoms with E-state index < -0.39 is 6.10 Å². The molecule has 0 amide bonds. The van der Waals surface area contributed by atoms with Gasteiger partial charge in [0.1, 0.15) is 23.9 Å². The van der Waals surface area contributed by atoms with Gasteiger partial charge in [-0.2, -0.15) is 0 Å². The smallest absolute Gasteiger partial charge is 0.129 e. The van der Waals surface area contributed by atoms with Gasteiger partial charge in [0.2, 0.25) is 0 Å². The Morgan fingerprint density at radius 1 is 1.15 bits per heavy atom. The number of halogens is 1. The largest absolute Gasteiger partial charge is 0.497 e. The summed E-state index contributed by atoms with van der Waals surface area (Å²) in [5, 5.41) is 9.73. The van der Waals surface area contributed by atoms with Crippen LogP contribution in [-0.4, -0.2) is 12.2 Å². The van der Waals surface area contributed by atoms with E-state index in [1.165, 1.54) is 12.1 Å². The summed E-state index contributed by atoms with van der Waals surface area (Å²) in [5.41, 5.74) is 1.54. The topological polar surface area (TPSA) is 38.7 Å². The van der Waals surface area contributed by atoms with Crippen LogP contribution in [0.1, 0.15) is 24.2 Å². The van der Waals surface area contributed by atoms with E-state index in [4.69, 9.17) is 9.47 Å². The zero-order valence-electron chi connectivity index (χ0n) is 11.5. The minimum absolute atomic E-state index is 0.278. The molecule has 0 spiro atoms. The fourth-order valence-electron chi connectivity index (χ4n) is 1.85. The number of rotatable bonds is 5. The summed E-state index contributed by atoms with van der Waals surface area (Å²) in [7, 11) is 1.57. The molecule has 0 bridgehead atoms. The van der Waals surface area contributed by atoms with Gasteiger partial charge in [0.25, 0.3) is 0 Å². The summed E-state index contributed by atoms with van der Waals surface area (Å²) in [6, 6.07) is 11.4. The van der Waals surface area contributed by atoms with E-state index in [1.807, 2.05) is 0 Å². The van der Waals surface area contributed by atoms with E-state index in [0.29, 0.717) is 23.7 Å². The second-order valence-electron chi connectivity index (χ2n) is 4.49. The molecule has 0 aliphatic carbocycles. The van der Waals surface area contributed by atoms with Crippen LogP contribution in [0.25, 0.3) is 0 Å². The maximum Gasteiger partial charge on any atom is 0.129 e. The van der Waals surface area contributed by atoms with Gasteiger partial charge in [-0.3, -0.25) is 0 Å². The third kappa shape index (κ3) is 3.48. The zero-order valence-corrected chi connectivity index (χ0v) is 11.5. The van der Waals surface area contributed by atoms with Crippen LogP contribution in [0.3, 0.4) is 0 Å². The van der Waals surface area contributed by atoms with Crippen molar-refractivity contribution in [2.45, 2.75) is 19.6 Å². The summed E-state index contributed by atoms with van der Waals surface area (Å²) in [6.45, 7) is 1.97. The lowest BCUT2D eigenvalue weighted by Crippen LogP contribution is -2.01. The molecule has 1 N–H and O–H groups in total. The molecule has 0 radical (unpaired) electrons. The van der Waals surface area contributed by atoms with E-state index in [-0.39, 0.29) is 5.82 Å². The molecule has 0 heterocycles. The molecule has 0 aliphatic heterocycles. The normalized spacial score (nSPS) is 12.0. The first-order chi connectivity index (χ1) is 9.60. The Morgan fingerprint density at radius 2 is 1.85 bits per heavy atom. The summed E-state index contributed by atoms with van der Waals surface area (Å²) in [4.78, 5) is 0. The standard InChI is InChI=1S/C16H17FO3/c1-11(18)15-8-7-14(19-2)9-16(15)20-10-12-3-5-13(17)6-4-12/h3-9,11,18H,10H2,1-2H3. The van der Waals surface area contributed by atoms with E-state index in [1.54, 1.807) is 44.4 Å². The van der Waals surface area contributed by atoms with Crippen molar-refractivity contribution in [3.8, 4) is 11.5 Å². The highest BCUT2D eigenvalue weighted by atomic mass is 19.1. The van der Waals surface area contributed by atoms with Crippen LogP contribution in [0.15, 0.2) is 42.5 Å². The molecular weight excluding hydrogens is 259 g/mol. The predicted octanol–water partition coefficient (Wildman–Crippen LogP) is 3.47. The number of benzene rings is 2. The van der Waals surface area contributed by atoms with Crippen molar-refractivity contribution in [2.75, 3.05) is 7.11 Å². The molecule has 1 unspecified atom stereocenters. The molecule has 0 aliphatic rings. The minimum atomic E-state index is -0.635. The number of aliphatic hydroxyl groups excluding tert-OH is 1. The Bertz CT molecular complexity index is 564.